The average Bonchev–Trinajstić information content (AvgIpc) is 2.43. The van der Waals surface area contributed by atoms with Gasteiger partial charge in [-0.25, -0.2) is 0 Å². The molecule has 0 spiro atoms. The summed E-state index contributed by atoms with van der Waals surface area (Å²) < 4.78 is 12.0. The second-order valence-electron chi connectivity index (χ2n) is 3.79. The Morgan fingerprint density at radius 2 is 2.00 bits per heavy atom. The van der Waals surface area contributed by atoms with Crippen LogP contribution in [0.5, 0.6) is 0 Å². The Labute approximate surface area is 123 Å². The Balaban J connectivity index is 2.25. The maximum absolute atomic E-state index is 5.59. The summed E-state index contributed by atoms with van der Waals surface area (Å²) in [6.45, 7) is 3.32. The Bertz CT molecular complexity index is 367. The van der Waals surface area contributed by atoms with Gasteiger partial charge in [-0.15, -0.1) is 0 Å². The topological polar surface area (TPSA) is 18.5 Å². The van der Waals surface area contributed by atoms with E-state index in [9.17, 15) is 0 Å². The van der Waals surface area contributed by atoms with Crippen LogP contribution < -0.4 is 0 Å². The lowest BCUT2D eigenvalue weighted by Crippen LogP contribution is -2.19. The van der Waals surface area contributed by atoms with Gasteiger partial charge in [0.25, 0.3) is 0 Å². The first-order valence-corrected chi connectivity index (χ1v) is 7.72. The molecular formula is C15H19IO2. The number of hydrogen-bond acceptors (Lipinski definition) is 2. The van der Waals surface area contributed by atoms with Gasteiger partial charge >= 0.3 is 0 Å². The highest BCUT2D eigenvalue weighted by Crippen LogP contribution is 2.02. The van der Waals surface area contributed by atoms with E-state index in [1.54, 1.807) is 0 Å². The lowest BCUT2D eigenvalue weighted by atomic mass is 10.2. The fraction of sp³-hybridized carbons (Fsp3) is 0.467. The zero-order valence-corrected chi connectivity index (χ0v) is 12.9. The Morgan fingerprint density at radius 1 is 1.22 bits per heavy atom. The van der Waals surface area contributed by atoms with Crippen LogP contribution >= 0.6 is 22.6 Å². The van der Waals surface area contributed by atoms with Gasteiger partial charge in [-0.05, 0) is 18.6 Å². The van der Waals surface area contributed by atoms with Crippen molar-refractivity contribution in [3.63, 3.8) is 0 Å². The third-order valence-electron chi connectivity index (χ3n) is 2.28. The second kappa shape index (κ2) is 10.4. The van der Waals surface area contributed by atoms with Crippen LogP contribution in [0.1, 0.15) is 25.3 Å². The predicted molar refractivity (Wildman–Crippen MR) is 82.8 cm³/mol. The summed E-state index contributed by atoms with van der Waals surface area (Å²) in [5.41, 5.74) is 1.01. The maximum atomic E-state index is 5.59. The van der Waals surface area contributed by atoms with E-state index < -0.39 is 0 Å². The van der Waals surface area contributed by atoms with Crippen molar-refractivity contribution >= 4 is 22.6 Å². The molecule has 0 fully saturated rings. The number of benzene rings is 1. The third-order valence-corrected chi connectivity index (χ3v) is 2.99. The monoisotopic (exact) mass is 358 g/mol. The van der Waals surface area contributed by atoms with Gasteiger partial charge in [0.05, 0.1) is 4.43 Å². The van der Waals surface area contributed by atoms with Crippen LogP contribution in [0.2, 0.25) is 0 Å². The van der Waals surface area contributed by atoms with E-state index in [4.69, 9.17) is 9.47 Å². The smallest absolute Gasteiger partial charge is 0.167 e. The van der Waals surface area contributed by atoms with Crippen molar-refractivity contribution in [1.82, 2.24) is 0 Å². The number of halogens is 1. The van der Waals surface area contributed by atoms with E-state index >= 15 is 0 Å². The van der Waals surface area contributed by atoms with Crippen LogP contribution in [0.4, 0.5) is 0 Å². The molecule has 18 heavy (non-hydrogen) atoms. The SMILES string of the molecule is CCCCOC(CI)OCC#Cc1ccccc1. The highest BCUT2D eigenvalue weighted by molar-refractivity contribution is 14.1. The van der Waals surface area contributed by atoms with Crippen LogP contribution in [0.15, 0.2) is 30.3 Å². The summed E-state index contributed by atoms with van der Waals surface area (Å²) in [7, 11) is 0. The molecule has 3 heteroatoms. The summed E-state index contributed by atoms with van der Waals surface area (Å²) in [6.07, 6.45) is 2.08. The highest BCUT2D eigenvalue weighted by Gasteiger charge is 2.05. The van der Waals surface area contributed by atoms with Crippen molar-refractivity contribution in [2.75, 3.05) is 17.6 Å². The largest absolute Gasteiger partial charge is 0.352 e. The molecule has 0 bridgehead atoms. The fourth-order valence-corrected chi connectivity index (χ4v) is 1.80. The molecule has 98 valence electrons. The Morgan fingerprint density at radius 3 is 2.67 bits per heavy atom. The molecule has 0 N–H and O–H groups in total. The normalized spacial score (nSPS) is 11.7. The first-order valence-electron chi connectivity index (χ1n) is 6.20. The molecule has 2 nitrogen and oxygen atoms in total. The van der Waals surface area contributed by atoms with E-state index in [-0.39, 0.29) is 6.29 Å². The fourth-order valence-electron chi connectivity index (χ4n) is 1.29. The molecule has 0 aliphatic carbocycles. The van der Waals surface area contributed by atoms with E-state index in [0.717, 1.165) is 29.4 Å². The van der Waals surface area contributed by atoms with Gasteiger partial charge in [-0.1, -0.05) is 66.0 Å². The van der Waals surface area contributed by atoms with Crippen LogP contribution in [-0.2, 0) is 9.47 Å². The lowest BCUT2D eigenvalue weighted by molar-refractivity contribution is -0.116. The van der Waals surface area contributed by atoms with Gasteiger partial charge in [-0.3, -0.25) is 0 Å². The van der Waals surface area contributed by atoms with Crippen LogP contribution in [0.3, 0.4) is 0 Å². The van der Waals surface area contributed by atoms with Gasteiger partial charge in [0.15, 0.2) is 6.29 Å². The molecule has 1 unspecified atom stereocenters. The molecular weight excluding hydrogens is 339 g/mol. The summed E-state index contributed by atoms with van der Waals surface area (Å²) in [5, 5.41) is 0. The number of ether oxygens (including phenoxy) is 2. The first-order chi connectivity index (χ1) is 8.86. The van der Waals surface area contributed by atoms with Crippen LogP contribution in [-0.4, -0.2) is 23.9 Å². The molecule has 1 rings (SSSR count). The summed E-state index contributed by atoms with van der Waals surface area (Å²) in [4.78, 5) is 0. The zero-order chi connectivity index (χ0) is 13.1. The lowest BCUT2D eigenvalue weighted by Gasteiger charge is -2.14. The third kappa shape index (κ3) is 7.00. The van der Waals surface area contributed by atoms with Gasteiger partial charge < -0.3 is 9.47 Å². The van der Waals surface area contributed by atoms with Gasteiger partial charge in [0.1, 0.15) is 6.61 Å². The van der Waals surface area contributed by atoms with Crippen LogP contribution in [0.25, 0.3) is 0 Å². The Kier molecular flexibility index (Phi) is 8.92. The number of alkyl halides is 1. The van der Waals surface area contributed by atoms with E-state index in [1.165, 1.54) is 0 Å². The van der Waals surface area contributed by atoms with Gasteiger partial charge in [0, 0.05) is 12.2 Å². The van der Waals surface area contributed by atoms with Crippen molar-refractivity contribution in [2.24, 2.45) is 0 Å². The molecule has 1 aromatic carbocycles. The van der Waals surface area contributed by atoms with Crippen molar-refractivity contribution in [1.29, 1.82) is 0 Å². The Hall–Kier alpha value is -0.570. The minimum atomic E-state index is -0.137. The van der Waals surface area contributed by atoms with Crippen LogP contribution in [0, 0.1) is 11.8 Å². The molecule has 1 atom stereocenters. The molecule has 0 aliphatic heterocycles. The minimum Gasteiger partial charge on any atom is -0.352 e. The number of unbranched alkanes of at least 4 members (excludes halogenated alkanes) is 1. The summed E-state index contributed by atoms with van der Waals surface area (Å²) >= 11 is 2.27. The molecule has 0 saturated carbocycles. The molecule has 0 heterocycles. The molecule has 0 aliphatic rings. The summed E-state index contributed by atoms with van der Waals surface area (Å²) in [5.74, 6) is 6.06. The van der Waals surface area contributed by atoms with Crippen molar-refractivity contribution in [3.8, 4) is 11.8 Å². The average molecular weight is 358 g/mol. The molecule has 1 aromatic rings. The zero-order valence-electron chi connectivity index (χ0n) is 10.7. The minimum absolute atomic E-state index is 0.137. The van der Waals surface area contributed by atoms with Crippen molar-refractivity contribution in [2.45, 2.75) is 26.1 Å². The van der Waals surface area contributed by atoms with E-state index in [2.05, 4.69) is 41.4 Å². The number of rotatable bonds is 7. The van der Waals surface area contributed by atoms with Gasteiger partial charge in [-0.2, -0.15) is 0 Å². The first kappa shape index (κ1) is 15.5. The van der Waals surface area contributed by atoms with Crippen molar-refractivity contribution < 1.29 is 9.47 Å². The highest BCUT2D eigenvalue weighted by atomic mass is 127. The maximum Gasteiger partial charge on any atom is 0.167 e. The molecule has 0 saturated heterocycles. The number of hydrogen-bond donors (Lipinski definition) is 0. The predicted octanol–water partition coefficient (Wildman–Crippen LogP) is 3.63. The second-order valence-corrected chi connectivity index (χ2v) is 4.67. The molecule has 0 aromatic heterocycles. The summed E-state index contributed by atoms with van der Waals surface area (Å²) in [6, 6.07) is 9.91. The quantitative estimate of drug-likeness (QED) is 0.244. The molecule has 0 amide bonds. The van der Waals surface area contributed by atoms with Crippen molar-refractivity contribution in [3.05, 3.63) is 35.9 Å². The van der Waals surface area contributed by atoms with E-state index in [0.29, 0.717) is 6.61 Å². The standard InChI is InChI=1S/C15H19IO2/c1-2-3-11-17-15(13-16)18-12-7-10-14-8-5-4-6-9-14/h4-6,8-9,15H,2-3,11-13H2,1H3. The van der Waals surface area contributed by atoms with Gasteiger partial charge in [0.2, 0.25) is 0 Å². The molecule has 0 radical (unpaired) electrons. The van der Waals surface area contributed by atoms with E-state index in [1.807, 2.05) is 30.3 Å².